The summed E-state index contributed by atoms with van der Waals surface area (Å²) in [6, 6.07) is 18.7. The van der Waals surface area contributed by atoms with Gasteiger partial charge in [-0.3, -0.25) is 0 Å². The molecule has 0 N–H and O–H groups in total. The second kappa shape index (κ2) is 8.26. The Labute approximate surface area is 175 Å². The molecule has 0 aliphatic carbocycles. The molecule has 0 spiro atoms. The van der Waals surface area contributed by atoms with Crippen LogP contribution in [0.15, 0.2) is 60.7 Å². The van der Waals surface area contributed by atoms with E-state index in [2.05, 4.69) is 4.58 Å². The second-order valence-electron chi connectivity index (χ2n) is 6.99. The highest BCUT2D eigenvalue weighted by Gasteiger charge is 2.30. The molecule has 148 valence electrons. The van der Waals surface area contributed by atoms with Crippen LogP contribution in [0.2, 0.25) is 5.02 Å². The predicted molar refractivity (Wildman–Crippen MR) is 113 cm³/mol. The topological polar surface area (TPSA) is 21.5 Å². The molecule has 0 saturated carbocycles. The van der Waals surface area contributed by atoms with Gasteiger partial charge in [-0.05, 0) is 48.0 Å². The van der Waals surface area contributed by atoms with Gasteiger partial charge in [0.15, 0.2) is 18.0 Å². The molecule has 0 radical (unpaired) electrons. The smallest absolute Gasteiger partial charge is 0.215 e. The average Bonchev–Trinajstić information content (AvgIpc) is 2.74. The summed E-state index contributed by atoms with van der Waals surface area (Å²) in [7, 11) is 3.27. The van der Waals surface area contributed by atoms with Crippen LogP contribution in [-0.2, 0) is 13.0 Å². The molecule has 0 aromatic heterocycles. The van der Waals surface area contributed by atoms with Gasteiger partial charge in [0.25, 0.3) is 0 Å². The third kappa shape index (κ3) is 3.85. The molecule has 3 nitrogen and oxygen atoms in total. The maximum absolute atomic E-state index is 14.4. The Kier molecular flexibility index (Phi) is 5.54. The molecule has 0 bridgehead atoms. The summed E-state index contributed by atoms with van der Waals surface area (Å²) in [6.45, 7) is 1.24. The molecular formula is C24H22ClFNO2+. The fourth-order valence-electron chi connectivity index (χ4n) is 3.85. The Bertz CT molecular complexity index is 1090. The van der Waals surface area contributed by atoms with E-state index in [1.54, 1.807) is 20.3 Å². The fourth-order valence-corrected chi connectivity index (χ4v) is 4.04. The van der Waals surface area contributed by atoms with E-state index in [1.807, 2.05) is 48.5 Å². The minimum absolute atomic E-state index is 0.198. The van der Waals surface area contributed by atoms with Crippen LogP contribution in [0, 0.1) is 5.82 Å². The van der Waals surface area contributed by atoms with Crippen LogP contribution in [0.5, 0.6) is 11.5 Å². The molecule has 0 amide bonds. The molecule has 0 fully saturated rings. The zero-order chi connectivity index (χ0) is 20.4. The van der Waals surface area contributed by atoms with Crippen molar-refractivity contribution in [1.29, 1.82) is 0 Å². The fraction of sp³-hybridized carbons (Fsp3) is 0.208. The number of hydrogen-bond donors (Lipinski definition) is 0. The lowest BCUT2D eigenvalue weighted by atomic mass is 9.91. The Hall–Kier alpha value is -2.85. The van der Waals surface area contributed by atoms with Gasteiger partial charge in [-0.15, -0.1) is 0 Å². The monoisotopic (exact) mass is 410 g/mol. The van der Waals surface area contributed by atoms with Crippen molar-refractivity contribution in [3.05, 3.63) is 93.8 Å². The first-order valence-corrected chi connectivity index (χ1v) is 9.85. The highest BCUT2D eigenvalue weighted by atomic mass is 35.5. The van der Waals surface area contributed by atoms with Crippen LogP contribution in [-0.4, -0.2) is 31.1 Å². The minimum atomic E-state index is -0.198. The molecule has 3 aromatic rings. The average molecular weight is 411 g/mol. The lowest BCUT2D eigenvalue weighted by molar-refractivity contribution is -0.544. The Morgan fingerprint density at radius 2 is 1.72 bits per heavy atom. The number of rotatable bonds is 5. The lowest BCUT2D eigenvalue weighted by Gasteiger charge is -2.21. The van der Waals surface area contributed by atoms with E-state index in [0.29, 0.717) is 28.6 Å². The first-order valence-electron chi connectivity index (χ1n) is 9.47. The largest absolute Gasteiger partial charge is 0.493 e. The van der Waals surface area contributed by atoms with E-state index in [1.165, 1.54) is 11.6 Å². The van der Waals surface area contributed by atoms with Crippen molar-refractivity contribution in [2.45, 2.75) is 13.0 Å². The summed E-state index contributed by atoms with van der Waals surface area (Å²) in [5.41, 5.74) is 4.88. The lowest BCUT2D eigenvalue weighted by Crippen LogP contribution is -2.31. The van der Waals surface area contributed by atoms with Gasteiger partial charge in [0.05, 0.1) is 25.3 Å². The summed E-state index contributed by atoms with van der Waals surface area (Å²) in [6.07, 6.45) is 0.828. The maximum Gasteiger partial charge on any atom is 0.215 e. The first kappa shape index (κ1) is 19.5. The van der Waals surface area contributed by atoms with Gasteiger partial charge in [0.2, 0.25) is 5.71 Å². The number of fused-ring (bicyclic) bond motifs is 1. The van der Waals surface area contributed by atoms with Crippen molar-refractivity contribution >= 4 is 17.3 Å². The molecule has 5 heteroatoms. The minimum Gasteiger partial charge on any atom is -0.493 e. The Morgan fingerprint density at radius 3 is 2.45 bits per heavy atom. The number of methoxy groups -OCH3 is 2. The summed E-state index contributed by atoms with van der Waals surface area (Å²) >= 11 is 6.29. The summed E-state index contributed by atoms with van der Waals surface area (Å²) in [5.74, 6) is 1.17. The van der Waals surface area contributed by atoms with Crippen molar-refractivity contribution in [3.8, 4) is 11.5 Å². The number of hydrogen-bond acceptors (Lipinski definition) is 2. The van der Waals surface area contributed by atoms with Crippen LogP contribution < -0.4 is 9.47 Å². The molecule has 0 atom stereocenters. The molecular weight excluding hydrogens is 389 g/mol. The van der Waals surface area contributed by atoms with E-state index in [9.17, 15) is 4.39 Å². The van der Waals surface area contributed by atoms with Gasteiger partial charge < -0.3 is 9.47 Å². The first-order chi connectivity index (χ1) is 14.1. The number of halogens is 2. The van der Waals surface area contributed by atoms with E-state index in [-0.39, 0.29) is 5.82 Å². The van der Waals surface area contributed by atoms with Gasteiger partial charge in [-0.25, -0.2) is 8.97 Å². The third-order valence-electron chi connectivity index (χ3n) is 5.25. The standard InChI is InChI=1S/C24H22ClFNO2/c1-28-22-13-16-10-11-27(15-18-6-3-4-9-21(18)26)24(20(16)14-23(22)29-2)17-7-5-8-19(25)12-17/h3-9,12-14H,10-11,15H2,1-2H3/q+1. The quantitative estimate of drug-likeness (QED) is 0.545. The molecule has 1 heterocycles. The molecule has 3 aromatic carbocycles. The van der Waals surface area contributed by atoms with E-state index >= 15 is 0 Å². The zero-order valence-corrected chi connectivity index (χ0v) is 17.2. The van der Waals surface area contributed by atoms with Crippen LogP contribution in [0.25, 0.3) is 0 Å². The number of benzene rings is 3. The summed E-state index contributed by atoms with van der Waals surface area (Å²) < 4.78 is 27.6. The Morgan fingerprint density at radius 1 is 0.966 bits per heavy atom. The SMILES string of the molecule is COc1cc2c(cc1OC)C(c1cccc(Cl)c1)=[N+](Cc1ccccc1F)CC2. The molecule has 0 unspecified atom stereocenters. The molecule has 0 saturated heterocycles. The molecule has 1 aliphatic rings. The van der Waals surface area contributed by atoms with Crippen molar-refractivity contribution in [1.82, 2.24) is 0 Å². The Balaban J connectivity index is 1.92. The van der Waals surface area contributed by atoms with Crippen molar-refractivity contribution < 1.29 is 18.4 Å². The van der Waals surface area contributed by atoms with E-state index in [4.69, 9.17) is 21.1 Å². The molecule has 1 aliphatic heterocycles. The van der Waals surface area contributed by atoms with Crippen molar-refractivity contribution in [2.24, 2.45) is 0 Å². The van der Waals surface area contributed by atoms with Gasteiger partial charge >= 0.3 is 0 Å². The van der Waals surface area contributed by atoms with Crippen LogP contribution >= 0.6 is 11.6 Å². The predicted octanol–water partition coefficient (Wildman–Crippen LogP) is 5.10. The number of ether oxygens (including phenoxy) is 2. The molecule has 4 rings (SSSR count). The van der Waals surface area contributed by atoms with E-state index in [0.717, 1.165) is 29.8 Å². The van der Waals surface area contributed by atoms with Crippen LogP contribution in [0.3, 0.4) is 0 Å². The third-order valence-corrected chi connectivity index (χ3v) is 5.48. The van der Waals surface area contributed by atoms with Gasteiger partial charge in [-0.2, -0.15) is 0 Å². The summed E-state index contributed by atoms with van der Waals surface area (Å²) in [4.78, 5) is 0. The highest BCUT2D eigenvalue weighted by molar-refractivity contribution is 6.31. The van der Waals surface area contributed by atoms with Crippen LogP contribution in [0.4, 0.5) is 4.39 Å². The maximum atomic E-state index is 14.4. The second-order valence-corrected chi connectivity index (χ2v) is 7.42. The van der Waals surface area contributed by atoms with Gasteiger partial charge in [0, 0.05) is 17.0 Å². The zero-order valence-electron chi connectivity index (χ0n) is 16.4. The van der Waals surface area contributed by atoms with Crippen LogP contribution in [0.1, 0.15) is 22.3 Å². The normalized spacial score (nSPS) is 13.2. The number of nitrogens with zero attached hydrogens (tertiary/aromatic N) is 1. The van der Waals surface area contributed by atoms with Gasteiger partial charge in [-0.1, -0.05) is 29.8 Å². The van der Waals surface area contributed by atoms with Gasteiger partial charge in [0.1, 0.15) is 12.4 Å². The van der Waals surface area contributed by atoms with Crippen molar-refractivity contribution in [2.75, 3.05) is 20.8 Å². The highest BCUT2D eigenvalue weighted by Crippen LogP contribution is 2.34. The van der Waals surface area contributed by atoms with E-state index < -0.39 is 0 Å². The molecule has 29 heavy (non-hydrogen) atoms. The summed E-state index contributed by atoms with van der Waals surface area (Å²) in [5, 5.41) is 0.661. The van der Waals surface area contributed by atoms with Crippen molar-refractivity contribution in [3.63, 3.8) is 0 Å².